The maximum Gasteiger partial charge on any atom is 0.151 e. The lowest BCUT2D eigenvalue weighted by Gasteiger charge is -2.28. The summed E-state index contributed by atoms with van der Waals surface area (Å²) in [5.41, 5.74) is 2.75. The molecule has 4 heteroatoms. The second-order valence-electron chi connectivity index (χ2n) is 5.11. The molecule has 0 aromatic carbocycles. The summed E-state index contributed by atoms with van der Waals surface area (Å²) >= 11 is 0. The van der Waals surface area contributed by atoms with Gasteiger partial charge >= 0.3 is 0 Å². The van der Waals surface area contributed by atoms with Crippen LogP contribution in [0.25, 0.3) is 5.65 Å². The Bertz CT molecular complexity index is 575. The van der Waals surface area contributed by atoms with Gasteiger partial charge in [0.2, 0.25) is 0 Å². The molecule has 1 aliphatic heterocycles. The number of nitrogens with zero attached hydrogens (tertiary/aromatic N) is 3. The van der Waals surface area contributed by atoms with Gasteiger partial charge in [-0.25, -0.2) is 4.98 Å². The van der Waals surface area contributed by atoms with Crippen LogP contribution in [0.15, 0.2) is 24.5 Å². The van der Waals surface area contributed by atoms with Crippen molar-refractivity contribution in [2.45, 2.75) is 18.8 Å². The van der Waals surface area contributed by atoms with Crippen LogP contribution in [-0.4, -0.2) is 40.7 Å². The molecule has 1 saturated heterocycles. The number of hydrogen-bond acceptors (Lipinski definition) is 3. The molecule has 1 unspecified atom stereocenters. The highest BCUT2D eigenvalue weighted by Gasteiger charge is 2.21. The third kappa shape index (κ3) is 2.04. The van der Waals surface area contributed by atoms with Crippen LogP contribution in [0, 0.1) is 0 Å². The molecule has 94 valence electrons. The highest BCUT2D eigenvalue weighted by molar-refractivity contribution is 5.74. The van der Waals surface area contributed by atoms with Gasteiger partial charge in [-0.2, -0.15) is 0 Å². The molecule has 3 heterocycles. The van der Waals surface area contributed by atoms with Crippen molar-refractivity contribution < 1.29 is 4.79 Å². The summed E-state index contributed by atoms with van der Waals surface area (Å²) in [6.45, 7) is 2.25. The van der Waals surface area contributed by atoms with Gasteiger partial charge in [0, 0.05) is 30.4 Å². The van der Waals surface area contributed by atoms with E-state index in [2.05, 4.69) is 23.1 Å². The van der Waals surface area contributed by atoms with Crippen molar-refractivity contribution >= 4 is 11.9 Å². The summed E-state index contributed by atoms with van der Waals surface area (Å²) < 4.78 is 1.95. The first-order chi connectivity index (χ1) is 8.76. The number of likely N-dealkylation sites (tertiary alicyclic amines) is 1. The van der Waals surface area contributed by atoms with E-state index in [0.717, 1.165) is 24.2 Å². The Morgan fingerprint density at radius 1 is 1.39 bits per heavy atom. The highest BCUT2D eigenvalue weighted by Crippen LogP contribution is 2.25. The fraction of sp³-hybridized carbons (Fsp3) is 0.429. The summed E-state index contributed by atoms with van der Waals surface area (Å²) in [7, 11) is 2.16. The minimum Gasteiger partial charge on any atom is -0.306 e. The monoisotopic (exact) mass is 243 g/mol. The summed E-state index contributed by atoms with van der Waals surface area (Å²) in [4.78, 5) is 17.8. The van der Waals surface area contributed by atoms with Gasteiger partial charge in [0.05, 0.1) is 5.69 Å². The smallest absolute Gasteiger partial charge is 0.151 e. The van der Waals surface area contributed by atoms with E-state index in [9.17, 15) is 4.79 Å². The summed E-state index contributed by atoms with van der Waals surface area (Å²) in [5, 5.41) is 0. The topological polar surface area (TPSA) is 37.6 Å². The number of imidazole rings is 1. The van der Waals surface area contributed by atoms with Crippen LogP contribution in [-0.2, 0) is 0 Å². The molecule has 0 spiro atoms. The van der Waals surface area contributed by atoms with Gasteiger partial charge in [0.15, 0.2) is 6.29 Å². The zero-order chi connectivity index (χ0) is 12.5. The van der Waals surface area contributed by atoms with Crippen LogP contribution in [0.5, 0.6) is 0 Å². The number of likely N-dealkylation sites (N-methyl/N-ethyl adjacent to an activating group) is 1. The van der Waals surface area contributed by atoms with Crippen LogP contribution in [0.4, 0.5) is 0 Å². The molecule has 1 atom stereocenters. The molecular formula is C14H17N3O. The summed E-state index contributed by atoms with van der Waals surface area (Å²) in [5.74, 6) is 0.517. The van der Waals surface area contributed by atoms with Crippen molar-refractivity contribution in [3.8, 4) is 0 Å². The van der Waals surface area contributed by atoms with Gasteiger partial charge in [0.1, 0.15) is 5.65 Å². The van der Waals surface area contributed by atoms with E-state index >= 15 is 0 Å². The Morgan fingerprint density at radius 3 is 3.06 bits per heavy atom. The Hall–Kier alpha value is -1.68. The molecule has 0 saturated carbocycles. The molecule has 0 aliphatic carbocycles. The third-order valence-electron chi connectivity index (χ3n) is 3.67. The number of pyridine rings is 1. The van der Waals surface area contributed by atoms with Gasteiger partial charge in [-0.15, -0.1) is 0 Å². The number of carbonyl (C=O) groups is 1. The predicted octanol–water partition coefficient (Wildman–Crippen LogP) is 1.96. The lowest BCUT2D eigenvalue weighted by molar-refractivity contribution is 0.112. The normalized spacial score (nSPS) is 21.3. The molecule has 2 aromatic rings. The molecule has 0 amide bonds. The Morgan fingerprint density at radius 2 is 2.28 bits per heavy atom. The van der Waals surface area contributed by atoms with Gasteiger partial charge in [-0.05, 0) is 38.6 Å². The number of aromatic nitrogens is 2. The van der Waals surface area contributed by atoms with Crippen molar-refractivity contribution in [1.29, 1.82) is 0 Å². The number of carbonyl (C=O) groups excluding carboxylic acids is 1. The second-order valence-corrected chi connectivity index (χ2v) is 5.11. The lowest BCUT2D eigenvalue weighted by Crippen LogP contribution is -2.30. The fourth-order valence-electron chi connectivity index (χ4n) is 2.70. The minimum atomic E-state index is 0.517. The molecule has 4 nitrogen and oxygen atoms in total. The first-order valence-corrected chi connectivity index (χ1v) is 6.38. The summed E-state index contributed by atoms with van der Waals surface area (Å²) in [6.07, 6.45) is 7.20. The Kier molecular flexibility index (Phi) is 2.88. The zero-order valence-corrected chi connectivity index (χ0v) is 10.5. The average molecular weight is 243 g/mol. The first-order valence-electron chi connectivity index (χ1n) is 6.38. The van der Waals surface area contributed by atoms with E-state index in [1.54, 1.807) is 0 Å². The Balaban J connectivity index is 1.94. The lowest BCUT2D eigenvalue weighted by atomic mass is 9.96. The van der Waals surface area contributed by atoms with E-state index in [0.29, 0.717) is 11.5 Å². The quantitative estimate of drug-likeness (QED) is 0.757. The van der Waals surface area contributed by atoms with Crippen molar-refractivity contribution in [2.24, 2.45) is 0 Å². The van der Waals surface area contributed by atoms with E-state index in [-0.39, 0.29) is 0 Å². The van der Waals surface area contributed by atoms with Gasteiger partial charge in [-0.1, -0.05) is 0 Å². The SMILES string of the molecule is CN1CCCC(c2cn3cc(C=O)ccc3n2)C1. The number of piperidine rings is 1. The molecule has 0 bridgehead atoms. The van der Waals surface area contributed by atoms with Crippen molar-refractivity contribution in [1.82, 2.24) is 14.3 Å². The average Bonchev–Trinajstić information content (AvgIpc) is 2.81. The number of aldehydes is 1. The number of rotatable bonds is 2. The number of fused-ring (bicyclic) bond motifs is 1. The first kappa shape index (κ1) is 11.4. The van der Waals surface area contributed by atoms with E-state index in [1.165, 1.54) is 19.4 Å². The van der Waals surface area contributed by atoms with Crippen LogP contribution in [0.2, 0.25) is 0 Å². The van der Waals surface area contributed by atoms with Crippen molar-refractivity contribution in [2.75, 3.05) is 20.1 Å². The standard InChI is InChI=1S/C14H17N3O/c1-16-6-2-3-12(8-16)13-9-17-7-11(10-18)4-5-14(17)15-13/h4-5,7,9-10,12H,2-3,6,8H2,1H3. The molecule has 1 aliphatic rings. The molecule has 18 heavy (non-hydrogen) atoms. The predicted molar refractivity (Wildman–Crippen MR) is 70.1 cm³/mol. The van der Waals surface area contributed by atoms with Crippen LogP contribution < -0.4 is 0 Å². The van der Waals surface area contributed by atoms with Crippen LogP contribution in [0.3, 0.4) is 0 Å². The summed E-state index contributed by atoms with van der Waals surface area (Å²) in [6, 6.07) is 3.71. The molecule has 0 N–H and O–H groups in total. The Labute approximate surface area is 106 Å². The van der Waals surface area contributed by atoms with Crippen molar-refractivity contribution in [3.63, 3.8) is 0 Å². The molecule has 0 radical (unpaired) electrons. The van der Waals surface area contributed by atoms with Gasteiger partial charge in [0.25, 0.3) is 0 Å². The van der Waals surface area contributed by atoms with Crippen LogP contribution >= 0.6 is 0 Å². The maximum atomic E-state index is 10.8. The zero-order valence-electron chi connectivity index (χ0n) is 10.5. The van der Waals surface area contributed by atoms with Gasteiger partial charge in [-0.3, -0.25) is 4.79 Å². The highest BCUT2D eigenvalue weighted by atomic mass is 16.1. The van der Waals surface area contributed by atoms with E-state index in [4.69, 9.17) is 0 Å². The molecule has 3 rings (SSSR count). The van der Waals surface area contributed by atoms with Gasteiger partial charge < -0.3 is 9.30 Å². The second kappa shape index (κ2) is 4.53. The van der Waals surface area contributed by atoms with E-state index < -0.39 is 0 Å². The largest absolute Gasteiger partial charge is 0.306 e. The fourth-order valence-corrected chi connectivity index (χ4v) is 2.70. The minimum absolute atomic E-state index is 0.517. The van der Waals surface area contributed by atoms with E-state index in [1.807, 2.05) is 22.7 Å². The number of hydrogen-bond donors (Lipinski definition) is 0. The molecule has 1 fully saturated rings. The molecule has 2 aromatic heterocycles. The molecular weight excluding hydrogens is 226 g/mol. The maximum absolute atomic E-state index is 10.8. The van der Waals surface area contributed by atoms with Crippen molar-refractivity contribution in [3.05, 3.63) is 35.8 Å². The van der Waals surface area contributed by atoms with Crippen LogP contribution in [0.1, 0.15) is 34.8 Å². The third-order valence-corrected chi connectivity index (χ3v) is 3.67.